The number of nitrogens with zero attached hydrogens (tertiary/aromatic N) is 2. The van der Waals surface area contributed by atoms with Gasteiger partial charge in [-0.15, -0.1) is 0 Å². The quantitative estimate of drug-likeness (QED) is 0.718. The van der Waals surface area contributed by atoms with Crippen LogP contribution in [-0.2, 0) is 6.54 Å². The summed E-state index contributed by atoms with van der Waals surface area (Å²) in [5.74, 6) is 0.251. The zero-order chi connectivity index (χ0) is 16.2. The fourth-order valence-electron chi connectivity index (χ4n) is 2.70. The lowest BCUT2D eigenvalue weighted by Crippen LogP contribution is -1.99. The van der Waals surface area contributed by atoms with E-state index in [1.54, 1.807) is 4.68 Å². The molecule has 0 amide bonds. The van der Waals surface area contributed by atoms with E-state index in [0.29, 0.717) is 0 Å². The molecule has 1 N–H and O–H groups in total. The van der Waals surface area contributed by atoms with Crippen molar-refractivity contribution in [3.8, 4) is 28.3 Å². The molecule has 0 saturated heterocycles. The van der Waals surface area contributed by atoms with Crippen molar-refractivity contribution in [2.24, 2.45) is 0 Å². The monoisotopic (exact) mass is 306 g/mol. The van der Waals surface area contributed by atoms with E-state index in [9.17, 15) is 5.11 Å². The first-order valence-electron chi connectivity index (χ1n) is 8.13. The van der Waals surface area contributed by atoms with Crippen molar-refractivity contribution in [3.63, 3.8) is 0 Å². The summed E-state index contributed by atoms with van der Waals surface area (Å²) >= 11 is 0. The number of aryl methyl sites for hydroxylation is 2. The lowest BCUT2D eigenvalue weighted by molar-refractivity contribution is 0.395. The van der Waals surface area contributed by atoms with Crippen LogP contribution in [0.3, 0.4) is 0 Å². The van der Waals surface area contributed by atoms with Crippen LogP contribution in [0.1, 0.15) is 25.3 Å². The van der Waals surface area contributed by atoms with Crippen molar-refractivity contribution in [3.05, 3.63) is 60.2 Å². The highest BCUT2D eigenvalue weighted by Gasteiger charge is 2.19. The van der Waals surface area contributed by atoms with Crippen molar-refractivity contribution in [1.29, 1.82) is 0 Å². The minimum Gasteiger partial charge on any atom is -0.493 e. The Hall–Kier alpha value is -2.55. The highest BCUT2D eigenvalue weighted by atomic mass is 16.3. The maximum Gasteiger partial charge on any atom is 0.218 e. The van der Waals surface area contributed by atoms with Crippen LogP contribution in [0.15, 0.2) is 54.6 Å². The summed E-state index contributed by atoms with van der Waals surface area (Å²) in [7, 11) is 0. The Morgan fingerprint density at radius 2 is 1.65 bits per heavy atom. The molecule has 0 spiro atoms. The molecule has 0 unspecified atom stereocenters. The van der Waals surface area contributed by atoms with Crippen LogP contribution in [-0.4, -0.2) is 14.9 Å². The van der Waals surface area contributed by atoms with Gasteiger partial charge >= 0.3 is 0 Å². The van der Waals surface area contributed by atoms with Crippen molar-refractivity contribution in [1.82, 2.24) is 9.78 Å². The summed E-state index contributed by atoms with van der Waals surface area (Å²) in [4.78, 5) is 0. The van der Waals surface area contributed by atoms with Gasteiger partial charge in [0, 0.05) is 12.1 Å². The molecule has 0 fully saturated rings. The Morgan fingerprint density at radius 3 is 2.30 bits per heavy atom. The highest BCUT2D eigenvalue weighted by molar-refractivity contribution is 5.84. The SMILES string of the molecule is CCCCn1nc(-c2ccccc2)c(-c2ccc(C)cc2)c1O. The number of hydrogen-bond acceptors (Lipinski definition) is 2. The van der Waals surface area contributed by atoms with Gasteiger partial charge in [0.25, 0.3) is 0 Å². The van der Waals surface area contributed by atoms with Gasteiger partial charge in [-0.05, 0) is 18.9 Å². The average Bonchev–Trinajstić information content (AvgIpc) is 2.91. The number of hydrogen-bond donors (Lipinski definition) is 1. The van der Waals surface area contributed by atoms with Gasteiger partial charge in [-0.25, -0.2) is 4.68 Å². The lowest BCUT2D eigenvalue weighted by atomic mass is 10.0. The fraction of sp³-hybridized carbons (Fsp3) is 0.250. The van der Waals surface area contributed by atoms with E-state index in [2.05, 4.69) is 31.1 Å². The minimum absolute atomic E-state index is 0.251. The third-order valence-corrected chi connectivity index (χ3v) is 4.04. The Morgan fingerprint density at radius 1 is 0.957 bits per heavy atom. The van der Waals surface area contributed by atoms with E-state index in [4.69, 9.17) is 0 Å². The van der Waals surface area contributed by atoms with Gasteiger partial charge in [-0.2, -0.15) is 5.10 Å². The second-order valence-electron chi connectivity index (χ2n) is 5.86. The van der Waals surface area contributed by atoms with Crippen LogP contribution in [0.5, 0.6) is 5.88 Å². The zero-order valence-corrected chi connectivity index (χ0v) is 13.7. The second-order valence-corrected chi connectivity index (χ2v) is 5.86. The number of unbranched alkanes of at least 4 members (excludes halogenated alkanes) is 1. The molecule has 3 aromatic rings. The van der Waals surface area contributed by atoms with Gasteiger partial charge < -0.3 is 5.11 Å². The molecule has 1 heterocycles. The summed E-state index contributed by atoms with van der Waals surface area (Å²) in [6, 6.07) is 18.3. The smallest absolute Gasteiger partial charge is 0.218 e. The van der Waals surface area contributed by atoms with Gasteiger partial charge in [0.15, 0.2) is 0 Å². The normalized spacial score (nSPS) is 10.9. The zero-order valence-electron chi connectivity index (χ0n) is 13.7. The third kappa shape index (κ3) is 3.14. The first kappa shape index (κ1) is 15.3. The molecule has 0 aliphatic heterocycles. The number of benzene rings is 2. The first-order chi connectivity index (χ1) is 11.2. The standard InChI is InChI=1S/C20H22N2O/c1-3-4-14-22-20(23)18(16-12-10-15(2)11-13-16)19(21-22)17-8-6-5-7-9-17/h5-13,23H,3-4,14H2,1-2H3. The van der Waals surface area contributed by atoms with Crippen molar-refractivity contribution < 1.29 is 5.11 Å². The first-order valence-corrected chi connectivity index (χ1v) is 8.13. The minimum atomic E-state index is 0.251. The molecule has 3 nitrogen and oxygen atoms in total. The molecular formula is C20H22N2O. The largest absolute Gasteiger partial charge is 0.493 e. The van der Waals surface area contributed by atoms with Crippen molar-refractivity contribution in [2.45, 2.75) is 33.2 Å². The molecule has 3 rings (SSSR count). The van der Waals surface area contributed by atoms with Crippen molar-refractivity contribution in [2.75, 3.05) is 0 Å². The maximum atomic E-state index is 10.7. The molecule has 0 saturated carbocycles. The van der Waals surface area contributed by atoms with Crippen LogP contribution < -0.4 is 0 Å². The molecule has 0 atom stereocenters. The predicted molar refractivity (Wildman–Crippen MR) is 94.4 cm³/mol. The van der Waals surface area contributed by atoms with Gasteiger partial charge in [0.05, 0.1) is 5.56 Å². The van der Waals surface area contributed by atoms with Crippen LogP contribution >= 0.6 is 0 Å². The molecule has 23 heavy (non-hydrogen) atoms. The molecule has 0 aliphatic carbocycles. The Bertz CT molecular complexity index is 773. The lowest BCUT2D eigenvalue weighted by Gasteiger charge is -2.05. The van der Waals surface area contributed by atoms with Gasteiger partial charge in [-0.3, -0.25) is 0 Å². The predicted octanol–water partition coefficient (Wildman–Crippen LogP) is 5.03. The topological polar surface area (TPSA) is 38.0 Å². The summed E-state index contributed by atoms with van der Waals surface area (Å²) < 4.78 is 1.72. The molecule has 0 aliphatic rings. The summed E-state index contributed by atoms with van der Waals surface area (Å²) in [6.45, 7) is 4.93. The fourth-order valence-corrected chi connectivity index (χ4v) is 2.70. The number of rotatable bonds is 5. The molecule has 118 valence electrons. The van der Waals surface area contributed by atoms with Gasteiger partial charge in [-0.1, -0.05) is 73.5 Å². The average molecular weight is 306 g/mol. The summed E-state index contributed by atoms with van der Waals surface area (Å²) in [5, 5.41) is 15.4. The van der Waals surface area contributed by atoms with E-state index >= 15 is 0 Å². The second kappa shape index (κ2) is 6.69. The van der Waals surface area contributed by atoms with Crippen LogP contribution in [0.2, 0.25) is 0 Å². The summed E-state index contributed by atoms with van der Waals surface area (Å²) in [6.07, 6.45) is 2.07. The third-order valence-electron chi connectivity index (χ3n) is 4.04. The van der Waals surface area contributed by atoms with E-state index in [0.717, 1.165) is 41.8 Å². The maximum absolute atomic E-state index is 10.7. The molecule has 0 bridgehead atoms. The Kier molecular flexibility index (Phi) is 4.47. The molecule has 0 radical (unpaired) electrons. The Labute approximate surface area is 137 Å². The van der Waals surface area contributed by atoms with Crippen LogP contribution in [0.4, 0.5) is 0 Å². The molecule has 3 heteroatoms. The van der Waals surface area contributed by atoms with E-state index in [1.807, 2.05) is 42.5 Å². The molecule has 1 aromatic heterocycles. The van der Waals surface area contributed by atoms with E-state index in [1.165, 1.54) is 5.56 Å². The van der Waals surface area contributed by atoms with E-state index in [-0.39, 0.29) is 5.88 Å². The van der Waals surface area contributed by atoms with Gasteiger partial charge in [0.1, 0.15) is 5.69 Å². The molecular weight excluding hydrogens is 284 g/mol. The summed E-state index contributed by atoms with van der Waals surface area (Å²) in [5.41, 5.74) is 4.87. The number of aromatic nitrogens is 2. The van der Waals surface area contributed by atoms with Gasteiger partial charge in [0.2, 0.25) is 5.88 Å². The van der Waals surface area contributed by atoms with Crippen LogP contribution in [0, 0.1) is 6.92 Å². The van der Waals surface area contributed by atoms with Crippen LogP contribution in [0.25, 0.3) is 22.4 Å². The van der Waals surface area contributed by atoms with Crippen molar-refractivity contribution >= 4 is 0 Å². The Balaban J connectivity index is 2.15. The van der Waals surface area contributed by atoms with E-state index < -0.39 is 0 Å². The molecule has 2 aromatic carbocycles. The highest BCUT2D eigenvalue weighted by Crippen LogP contribution is 2.38. The number of aromatic hydroxyl groups is 1.